The van der Waals surface area contributed by atoms with Crippen LogP contribution in [0.4, 0.5) is 23.4 Å². The third kappa shape index (κ3) is 4.08. The summed E-state index contributed by atoms with van der Waals surface area (Å²) in [5.74, 6) is -3.41. The standard InChI is InChI=1S/C11H12F4N2O2/c1-2-5-17(6-11(13,14)15)9-8(12)7(10(18)19)3-4-16-9/h3-4H,2,5-6H2,1H3,(H,18,19). The molecule has 0 spiro atoms. The zero-order valence-corrected chi connectivity index (χ0v) is 10.0. The van der Waals surface area contributed by atoms with E-state index in [1.54, 1.807) is 6.92 Å². The summed E-state index contributed by atoms with van der Waals surface area (Å²) in [4.78, 5) is 14.9. The van der Waals surface area contributed by atoms with Crippen LogP contribution in [0.1, 0.15) is 23.7 Å². The molecule has 106 valence electrons. The molecule has 0 radical (unpaired) electrons. The SMILES string of the molecule is CCCN(CC(F)(F)F)c1nccc(C(=O)O)c1F. The van der Waals surface area contributed by atoms with Gasteiger partial charge in [0.2, 0.25) is 0 Å². The maximum Gasteiger partial charge on any atom is 0.405 e. The Balaban J connectivity index is 3.16. The predicted octanol–water partition coefficient (Wildman–Crippen LogP) is 2.70. The Hall–Kier alpha value is -1.86. The molecule has 0 unspecified atom stereocenters. The van der Waals surface area contributed by atoms with Crippen molar-refractivity contribution in [1.29, 1.82) is 0 Å². The van der Waals surface area contributed by atoms with Crippen LogP contribution in [0.2, 0.25) is 0 Å². The van der Waals surface area contributed by atoms with Crippen LogP contribution in [-0.4, -0.2) is 35.3 Å². The molecule has 0 aliphatic heterocycles. The zero-order chi connectivity index (χ0) is 14.6. The maximum absolute atomic E-state index is 13.8. The lowest BCUT2D eigenvalue weighted by Gasteiger charge is -2.24. The molecule has 1 N–H and O–H groups in total. The topological polar surface area (TPSA) is 53.4 Å². The monoisotopic (exact) mass is 280 g/mol. The van der Waals surface area contributed by atoms with E-state index >= 15 is 0 Å². The fourth-order valence-corrected chi connectivity index (χ4v) is 1.56. The summed E-state index contributed by atoms with van der Waals surface area (Å²) in [6.07, 6.45) is -3.21. The van der Waals surface area contributed by atoms with E-state index < -0.39 is 35.9 Å². The van der Waals surface area contributed by atoms with Gasteiger partial charge >= 0.3 is 12.1 Å². The van der Waals surface area contributed by atoms with Crippen LogP contribution < -0.4 is 4.90 Å². The van der Waals surface area contributed by atoms with Crippen LogP contribution >= 0.6 is 0 Å². The molecule has 0 bridgehead atoms. The summed E-state index contributed by atoms with van der Waals surface area (Å²) in [5, 5.41) is 8.73. The van der Waals surface area contributed by atoms with Gasteiger partial charge in [-0.1, -0.05) is 6.92 Å². The molecular formula is C11H12F4N2O2. The molecule has 0 aliphatic carbocycles. The van der Waals surface area contributed by atoms with Gasteiger partial charge in [-0.2, -0.15) is 13.2 Å². The van der Waals surface area contributed by atoms with Gasteiger partial charge in [0.15, 0.2) is 11.6 Å². The van der Waals surface area contributed by atoms with E-state index in [2.05, 4.69) is 4.98 Å². The first kappa shape index (κ1) is 15.2. The highest BCUT2D eigenvalue weighted by atomic mass is 19.4. The Morgan fingerprint density at radius 2 is 2.11 bits per heavy atom. The number of carboxylic acid groups (broad SMARTS) is 1. The fraction of sp³-hybridized carbons (Fsp3) is 0.455. The molecule has 0 amide bonds. The first-order chi connectivity index (χ1) is 8.76. The highest BCUT2D eigenvalue weighted by Crippen LogP contribution is 2.24. The van der Waals surface area contributed by atoms with Gasteiger partial charge < -0.3 is 10.0 Å². The molecular weight excluding hydrogens is 268 g/mol. The first-order valence-corrected chi connectivity index (χ1v) is 5.45. The number of nitrogens with zero attached hydrogens (tertiary/aromatic N) is 2. The second kappa shape index (κ2) is 5.85. The number of aromatic nitrogens is 1. The van der Waals surface area contributed by atoms with E-state index in [4.69, 9.17) is 5.11 Å². The molecule has 19 heavy (non-hydrogen) atoms. The van der Waals surface area contributed by atoms with Gasteiger partial charge in [0, 0.05) is 12.7 Å². The molecule has 0 aromatic carbocycles. The smallest absolute Gasteiger partial charge is 0.405 e. The normalized spacial score (nSPS) is 11.4. The quantitative estimate of drug-likeness (QED) is 0.842. The predicted molar refractivity (Wildman–Crippen MR) is 59.7 cm³/mol. The minimum absolute atomic E-state index is 0.0769. The number of carboxylic acids is 1. The van der Waals surface area contributed by atoms with Crippen molar-refractivity contribution in [3.63, 3.8) is 0 Å². The first-order valence-electron chi connectivity index (χ1n) is 5.45. The number of hydrogen-bond acceptors (Lipinski definition) is 3. The lowest BCUT2D eigenvalue weighted by Crippen LogP contribution is -2.36. The van der Waals surface area contributed by atoms with Crippen molar-refractivity contribution in [2.24, 2.45) is 0 Å². The van der Waals surface area contributed by atoms with Crippen molar-refractivity contribution in [1.82, 2.24) is 4.98 Å². The Morgan fingerprint density at radius 3 is 2.58 bits per heavy atom. The van der Waals surface area contributed by atoms with E-state index in [1.165, 1.54) is 0 Å². The van der Waals surface area contributed by atoms with Crippen molar-refractivity contribution < 1.29 is 27.5 Å². The van der Waals surface area contributed by atoms with Crippen molar-refractivity contribution in [2.45, 2.75) is 19.5 Å². The number of alkyl halides is 3. The molecule has 0 fully saturated rings. The second-order valence-corrected chi connectivity index (χ2v) is 3.84. The summed E-state index contributed by atoms with van der Waals surface area (Å²) < 4.78 is 51.0. The number of carbonyl (C=O) groups is 1. The van der Waals surface area contributed by atoms with Crippen LogP contribution in [0.5, 0.6) is 0 Å². The molecule has 0 saturated carbocycles. The van der Waals surface area contributed by atoms with Crippen LogP contribution in [0.15, 0.2) is 12.3 Å². The fourth-order valence-electron chi connectivity index (χ4n) is 1.56. The lowest BCUT2D eigenvalue weighted by atomic mass is 10.2. The van der Waals surface area contributed by atoms with Crippen LogP contribution in [0.25, 0.3) is 0 Å². The molecule has 0 saturated heterocycles. The number of anilines is 1. The largest absolute Gasteiger partial charge is 0.478 e. The van der Waals surface area contributed by atoms with Gasteiger partial charge in [-0.05, 0) is 12.5 Å². The number of hydrogen-bond donors (Lipinski definition) is 1. The molecule has 1 heterocycles. The number of rotatable bonds is 5. The summed E-state index contributed by atoms with van der Waals surface area (Å²) in [5.41, 5.74) is -0.701. The maximum atomic E-state index is 13.8. The van der Waals surface area contributed by atoms with Gasteiger partial charge in [0.05, 0.1) is 0 Å². The summed E-state index contributed by atoms with van der Waals surface area (Å²) in [6, 6.07) is 0.902. The van der Waals surface area contributed by atoms with Crippen molar-refractivity contribution in [2.75, 3.05) is 18.0 Å². The van der Waals surface area contributed by atoms with Gasteiger partial charge in [0.25, 0.3) is 0 Å². The van der Waals surface area contributed by atoms with Gasteiger partial charge in [-0.3, -0.25) is 0 Å². The van der Waals surface area contributed by atoms with Crippen LogP contribution in [-0.2, 0) is 0 Å². The molecule has 0 atom stereocenters. The molecule has 1 aromatic rings. The third-order valence-electron chi connectivity index (χ3n) is 2.26. The minimum Gasteiger partial charge on any atom is -0.478 e. The highest BCUT2D eigenvalue weighted by Gasteiger charge is 2.32. The summed E-state index contributed by atoms with van der Waals surface area (Å²) in [7, 11) is 0. The lowest BCUT2D eigenvalue weighted by molar-refractivity contribution is -0.119. The summed E-state index contributed by atoms with van der Waals surface area (Å²) in [6.45, 7) is 0.169. The Morgan fingerprint density at radius 1 is 1.47 bits per heavy atom. The van der Waals surface area contributed by atoms with E-state index in [0.29, 0.717) is 11.3 Å². The Bertz CT molecular complexity index is 462. The average molecular weight is 280 g/mol. The molecule has 8 heteroatoms. The van der Waals surface area contributed by atoms with E-state index in [0.717, 1.165) is 12.3 Å². The summed E-state index contributed by atoms with van der Waals surface area (Å²) >= 11 is 0. The highest BCUT2D eigenvalue weighted by molar-refractivity contribution is 5.88. The number of halogens is 4. The average Bonchev–Trinajstić information content (AvgIpc) is 2.26. The molecule has 4 nitrogen and oxygen atoms in total. The third-order valence-corrected chi connectivity index (χ3v) is 2.26. The molecule has 0 aliphatic rings. The van der Waals surface area contributed by atoms with Crippen LogP contribution in [0.3, 0.4) is 0 Å². The Kier molecular flexibility index (Phi) is 4.68. The number of aromatic carboxylic acids is 1. The van der Waals surface area contributed by atoms with Crippen molar-refractivity contribution in [3.05, 3.63) is 23.6 Å². The van der Waals surface area contributed by atoms with E-state index in [-0.39, 0.29) is 6.54 Å². The number of pyridine rings is 1. The van der Waals surface area contributed by atoms with E-state index in [1.807, 2.05) is 0 Å². The van der Waals surface area contributed by atoms with Gasteiger partial charge in [0.1, 0.15) is 12.1 Å². The van der Waals surface area contributed by atoms with Crippen molar-refractivity contribution in [3.8, 4) is 0 Å². The zero-order valence-electron chi connectivity index (χ0n) is 10.0. The van der Waals surface area contributed by atoms with Gasteiger partial charge in [-0.15, -0.1) is 0 Å². The molecule has 1 rings (SSSR count). The van der Waals surface area contributed by atoms with Crippen LogP contribution in [0, 0.1) is 5.82 Å². The van der Waals surface area contributed by atoms with E-state index in [9.17, 15) is 22.4 Å². The molecule has 1 aromatic heterocycles. The van der Waals surface area contributed by atoms with Crippen molar-refractivity contribution >= 4 is 11.8 Å². The second-order valence-electron chi connectivity index (χ2n) is 3.84. The van der Waals surface area contributed by atoms with Gasteiger partial charge in [-0.25, -0.2) is 14.2 Å². The Labute approximate surface area is 106 Å². The minimum atomic E-state index is -4.53.